The highest BCUT2D eigenvalue weighted by Gasteiger charge is 2.07. The summed E-state index contributed by atoms with van der Waals surface area (Å²) >= 11 is 0. The number of halogens is 1. The minimum Gasteiger partial charge on any atom is -0.497 e. The van der Waals surface area contributed by atoms with Crippen LogP contribution in [0.2, 0.25) is 0 Å². The predicted molar refractivity (Wildman–Crippen MR) is 134 cm³/mol. The van der Waals surface area contributed by atoms with E-state index in [-0.39, 0.29) is 29.9 Å². The highest BCUT2D eigenvalue weighted by molar-refractivity contribution is 14.0. The van der Waals surface area contributed by atoms with Gasteiger partial charge in [0.25, 0.3) is 5.91 Å². The summed E-state index contributed by atoms with van der Waals surface area (Å²) in [6, 6.07) is 15.7. The zero-order chi connectivity index (χ0) is 21.1. The third kappa shape index (κ3) is 8.22. The number of methoxy groups -OCH3 is 1. The summed E-state index contributed by atoms with van der Waals surface area (Å²) in [6.07, 6.45) is 0.998. The Morgan fingerprint density at radius 1 is 1.07 bits per heavy atom. The smallest absolute Gasteiger partial charge is 0.251 e. The molecular weight excluding hydrogens is 491 g/mol. The SMILES string of the molecule is CCNC(=NCc1ccc(C(=O)NC)cc1)NCCC(C)c1ccc(OC)cc1.I. The lowest BCUT2D eigenvalue weighted by molar-refractivity contribution is 0.0963. The van der Waals surface area contributed by atoms with Crippen molar-refractivity contribution in [1.82, 2.24) is 16.0 Å². The number of nitrogens with one attached hydrogen (secondary N) is 3. The van der Waals surface area contributed by atoms with Gasteiger partial charge in [-0.15, -0.1) is 24.0 Å². The van der Waals surface area contributed by atoms with Crippen molar-refractivity contribution in [3.63, 3.8) is 0 Å². The van der Waals surface area contributed by atoms with E-state index in [2.05, 4.69) is 46.9 Å². The Kier molecular flexibility index (Phi) is 11.9. The number of hydrogen-bond acceptors (Lipinski definition) is 3. The third-order valence-electron chi connectivity index (χ3n) is 4.76. The molecule has 0 spiro atoms. The minimum absolute atomic E-state index is 0. The molecule has 0 aliphatic heterocycles. The Morgan fingerprint density at radius 2 is 1.73 bits per heavy atom. The monoisotopic (exact) mass is 524 g/mol. The van der Waals surface area contributed by atoms with E-state index in [4.69, 9.17) is 4.74 Å². The summed E-state index contributed by atoms with van der Waals surface area (Å²) < 4.78 is 5.22. The quantitative estimate of drug-likeness (QED) is 0.264. The van der Waals surface area contributed by atoms with E-state index in [1.807, 2.05) is 36.4 Å². The van der Waals surface area contributed by atoms with E-state index >= 15 is 0 Å². The lowest BCUT2D eigenvalue weighted by Crippen LogP contribution is -2.38. The fourth-order valence-electron chi connectivity index (χ4n) is 2.92. The van der Waals surface area contributed by atoms with E-state index in [9.17, 15) is 4.79 Å². The number of guanidine groups is 1. The van der Waals surface area contributed by atoms with Gasteiger partial charge in [0.15, 0.2) is 5.96 Å². The molecule has 0 aliphatic rings. The van der Waals surface area contributed by atoms with Crippen LogP contribution in [0.5, 0.6) is 5.75 Å². The average molecular weight is 524 g/mol. The molecule has 0 bridgehead atoms. The minimum atomic E-state index is -0.0824. The molecule has 0 saturated carbocycles. The van der Waals surface area contributed by atoms with Gasteiger partial charge in [0, 0.05) is 25.7 Å². The molecule has 164 valence electrons. The van der Waals surface area contributed by atoms with Crippen LogP contribution < -0.4 is 20.7 Å². The van der Waals surface area contributed by atoms with Crippen LogP contribution in [0, 0.1) is 0 Å². The molecule has 0 aliphatic carbocycles. The molecule has 6 nitrogen and oxygen atoms in total. The summed E-state index contributed by atoms with van der Waals surface area (Å²) in [6.45, 7) is 6.46. The van der Waals surface area contributed by atoms with Gasteiger partial charge in [-0.3, -0.25) is 4.79 Å². The second kappa shape index (κ2) is 13.8. The molecule has 2 aromatic rings. The van der Waals surface area contributed by atoms with E-state index < -0.39 is 0 Å². The molecule has 3 N–H and O–H groups in total. The average Bonchev–Trinajstić information content (AvgIpc) is 2.77. The van der Waals surface area contributed by atoms with Crippen LogP contribution in [0.1, 0.15) is 47.7 Å². The number of carbonyl (C=O) groups excluding carboxylic acids is 1. The molecule has 0 saturated heterocycles. The van der Waals surface area contributed by atoms with Gasteiger partial charge >= 0.3 is 0 Å². The van der Waals surface area contributed by atoms with Crippen molar-refractivity contribution in [2.24, 2.45) is 4.99 Å². The molecule has 0 heterocycles. The number of nitrogens with zero attached hydrogens (tertiary/aromatic N) is 1. The zero-order valence-corrected chi connectivity index (χ0v) is 20.5. The van der Waals surface area contributed by atoms with Crippen molar-refractivity contribution in [3.05, 3.63) is 65.2 Å². The van der Waals surface area contributed by atoms with E-state index in [0.717, 1.165) is 36.8 Å². The van der Waals surface area contributed by atoms with Gasteiger partial charge in [0.05, 0.1) is 13.7 Å². The molecular formula is C23H33IN4O2. The van der Waals surface area contributed by atoms with Crippen molar-refractivity contribution >= 4 is 35.8 Å². The van der Waals surface area contributed by atoms with Gasteiger partial charge < -0.3 is 20.7 Å². The highest BCUT2D eigenvalue weighted by Crippen LogP contribution is 2.21. The normalized spacial score (nSPS) is 11.8. The molecule has 2 rings (SSSR count). The van der Waals surface area contributed by atoms with Gasteiger partial charge in [-0.05, 0) is 54.7 Å². The first-order chi connectivity index (χ1) is 14.1. The Balaban J connectivity index is 0.00000450. The maximum absolute atomic E-state index is 11.6. The lowest BCUT2D eigenvalue weighted by Gasteiger charge is -2.15. The van der Waals surface area contributed by atoms with Crippen molar-refractivity contribution in [1.29, 1.82) is 0 Å². The number of ether oxygens (including phenoxy) is 1. The summed E-state index contributed by atoms with van der Waals surface area (Å²) in [5.74, 6) is 2.03. The van der Waals surface area contributed by atoms with Crippen LogP contribution in [0.15, 0.2) is 53.5 Å². The standard InChI is InChI=1S/C23H32N4O2.HI/c1-5-25-23(27-16-18-6-8-20(9-7-18)22(28)24-3)26-15-14-17(2)19-10-12-21(29-4)13-11-19;/h6-13,17H,5,14-16H2,1-4H3,(H,24,28)(H2,25,26,27);1H. The second-order valence-electron chi connectivity index (χ2n) is 6.86. The molecule has 1 amide bonds. The maximum Gasteiger partial charge on any atom is 0.251 e. The van der Waals surface area contributed by atoms with Crippen molar-refractivity contribution < 1.29 is 9.53 Å². The first kappa shape index (κ1) is 25.7. The highest BCUT2D eigenvalue weighted by atomic mass is 127. The molecule has 30 heavy (non-hydrogen) atoms. The number of aliphatic imine (C=N–C) groups is 1. The summed E-state index contributed by atoms with van der Waals surface area (Å²) in [5.41, 5.74) is 3.00. The molecule has 2 aromatic carbocycles. The van der Waals surface area contributed by atoms with E-state index in [1.165, 1.54) is 5.56 Å². The third-order valence-corrected chi connectivity index (χ3v) is 4.76. The summed E-state index contributed by atoms with van der Waals surface area (Å²) in [7, 11) is 3.31. The lowest BCUT2D eigenvalue weighted by atomic mass is 9.98. The Hall–Kier alpha value is -2.29. The topological polar surface area (TPSA) is 74.8 Å². The largest absolute Gasteiger partial charge is 0.497 e. The number of carbonyl (C=O) groups is 1. The molecule has 7 heteroatoms. The number of benzene rings is 2. The molecule has 0 fully saturated rings. The zero-order valence-electron chi connectivity index (χ0n) is 18.2. The predicted octanol–water partition coefficient (Wildman–Crippen LogP) is 3.92. The summed E-state index contributed by atoms with van der Waals surface area (Å²) in [5, 5.41) is 9.31. The van der Waals surface area contributed by atoms with Crippen LogP contribution in [0.3, 0.4) is 0 Å². The molecule has 0 radical (unpaired) electrons. The molecule has 1 unspecified atom stereocenters. The van der Waals surface area contributed by atoms with Crippen LogP contribution in [-0.4, -0.2) is 39.1 Å². The van der Waals surface area contributed by atoms with Gasteiger partial charge in [-0.2, -0.15) is 0 Å². The van der Waals surface area contributed by atoms with Gasteiger partial charge in [0.1, 0.15) is 5.75 Å². The molecule has 0 aromatic heterocycles. The fraction of sp³-hybridized carbons (Fsp3) is 0.391. The van der Waals surface area contributed by atoms with E-state index in [0.29, 0.717) is 18.0 Å². The summed E-state index contributed by atoms with van der Waals surface area (Å²) in [4.78, 5) is 16.3. The molecule has 1 atom stereocenters. The van der Waals surface area contributed by atoms with Gasteiger partial charge in [-0.25, -0.2) is 4.99 Å². The number of amides is 1. The van der Waals surface area contributed by atoms with Crippen molar-refractivity contribution in [2.45, 2.75) is 32.7 Å². The van der Waals surface area contributed by atoms with Gasteiger partial charge in [-0.1, -0.05) is 31.2 Å². The Labute approximate surface area is 196 Å². The van der Waals surface area contributed by atoms with Crippen LogP contribution in [0.25, 0.3) is 0 Å². The van der Waals surface area contributed by atoms with Crippen molar-refractivity contribution in [3.8, 4) is 5.75 Å². The second-order valence-corrected chi connectivity index (χ2v) is 6.86. The van der Waals surface area contributed by atoms with Crippen LogP contribution in [0.4, 0.5) is 0 Å². The van der Waals surface area contributed by atoms with E-state index in [1.54, 1.807) is 14.2 Å². The van der Waals surface area contributed by atoms with Crippen LogP contribution >= 0.6 is 24.0 Å². The Morgan fingerprint density at radius 3 is 2.30 bits per heavy atom. The number of rotatable bonds is 9. The number of hydrogen-bond donors (Lipinski definition) is 3. The fourth-order valence-corrected chi connectivity index (χ4v) is 2.92. The van der Waals surface area contributed by atoms with Gasteiger partial charge in [0.2, 0.25) is 0 Å². The maximum atomic E-state index is 11.6. The van der Waals surface area contributed by atoms with Crippen LogP contribution in [-0.2, 0) is 6.54 Å². The van der Waals surface area contributed by atoms with Crippen molar-refractivity contribution in [2.75, 3.05) is 27.2 Å². The Bertz CT molecular complexity index is 792. The first-order valence-electron chi connectivity index (χ1n) is 10.0. The first-order valence-corrected chi connectivity index (χ1v) is 10.0.